The molecule has 2 aromatic rings. The molecule has 1 aromatic heterocycles. The fraction of sp³-hybridized carbons (Fsp3) is 0.0769. The highest BCUT2D eigenvalue weighted by Crippen LogP contribution is 2.21. The van der Waals surface area contributed by atoms with E-state index in [1.165, 1.54) is 6.20 Å². The number of amides is 1. The number of nitrogens with one attached hydrogen (secondary N) is 1. The summed E-state index contributed by atoms with van der Waals surface area (Å²) < 4.78 is 0. The van der Waals surface area contributed by atoms with E-state index in [1.807, 2.05) is 13.0 Å². The van der Waals surface area contributed by atoms with E-state index < -0.39 is 0 Å². The maximum Gasteiger partial charge on any atom is 0.258 e. The molecule has 0 atom stereocenters. The van der Waals surface area contributed by atoms with Crippen molar-refractivity contribution in [3.05, 3.63) is 52.8 Å². The Labute approximate surface area is 110 Å². The fourth-order valence-electron chi connectivity index (χ4n) is 1.52. The first-order valence-electron chi connectivity index (χ1n) is 5.36. The molecule has 1 heterocycles. The number of halogens is 1. The fourth-order valence-corrected chi connectivity index (χ4v) is 1.73. The molecule has 0 saturated carbocycles. The Hall–Kier alpha value is -2.07. The van der Waals surface area contributed by atoms with Crippen molar-refractivity contribution in [1.82, 2.24) is 4.98 Å². The van der Waals surface area contributed by atoms with Gasteiger partial charge in [0.25, 0.3) is 5.91 Å². The summed E-state index contributed by atoms with van der Waals surface area (Å²) in [6, 6.07) is 8.69. The molecular weight excluding hydrogens is 250 g/mol. The number of hydrogen-bond donors (Lipinski definition) is 2. The zero-order valence-corrected chi connectivity index (χ0v) is 10.5. The lowest BCUT2D eigenvalue weighted by molar-refractivity contribution is 0.102. The number of aromatic nitrogens is 1. The molecule has 0 aliphatic heterocycles. The molecule has 0 radical (unpaired) electrons. The molecule has 0 aliphatic rings. The van der Waals surface area contributed by atoms with Gasteiger partial charge in [-0.3, -0.25) is 4.79 Å². The lowest BCUT2D eigenvalue weighted by Gasteiger charge is -2.09. The van der Waals surface area contributed by atoms with Crippen molar-refractivity contribution in [3.8, 4) is 0 Å². The third-order valence-corrected chi connectivity index (χ3v) is 2.76. The van der Waals surface area contributed by atoms with E-state index in [0.29, 0.717) is 16.9 Å². The summed E-state index contributed by atoms with van der Waals surface area (Å²) in [5.74, 6) is -0.328. The van der Waals surface area contributed by atoms with Crippen molar-refractivity contribution in [2.45, 2.75) is 6.92 Å². The minimum atomic E-state index is -0.328. The Balaban J connectivity index is 2.27. The molecule has 5 heteroatoms. The van der Waals surface area contributed by atoms with Gasteiger partial charge < -0.3 is 11.1 Å². The summed E-state index contributed by atoms with van der Waals surface area (Å²) in [4.78, 5) is 15.9. The van der Waals surface area contributed by atoms with Crippen molar-refractivity contribution in [1.29, 1.82) is 0 Å². The minimum Gasteiger partial charge on any atom is -0.397 e. The van der Waals surface area contributed by atoms with Gasteiger partial charge in [-0.05, 0) is 36.8 Å². The number of nitrogens with two attached hydrogens (primary N) is 1. The highest BCUT2D eigenvalue weighted by atomic mass is 35.5. The normalized spacial score (nSPS) is 10.1. The number of nitrogens with zero attached hydrogens (tertiary/aromatic N) is 1. The maximum atomic E-state index is 12.0. The molecule has 2 rings (SSSR count). The van der Waals surface area contributed by atoms with Crippen LogP contribution in [0.4, 0.5) is 11.4 Å². The van der Waals surface area contributed by atoms with Crippen LogP contribution in [-0.2, 0) is 0 Å². The van der Waals surface area contributed by atoms with Crippen molar-refractivity contribution >= 4 is 28.9 Å². The molecule has 0 fully saturated rings. The van der Waals surface area contributed by atoms with Gasteiger partial charge in [-0.15, -0.1) is 0 Å². The lowest BCUT2D eigenvalue weighted by Crippen LogP contribution is -2.14. The van der Waals surface area contributed by atoms with Crippen LogP contribution in [0.15, 0.2) is 36.5 Å². The number of pyridine rings is 1. The van der Waals surface area contributed by atoms with Crippen LogP contribution in [0.3, 0.4) is 0 Å². The largest absolute Gasteiger partial charge is 0.397 e. The van der Waals surface area contributed by atoms with E-state index in [0.717, 1.165) is 5.56 Å². The smallest absolute Gasteiger partial charge is 0.258 e. The molecule has 0 spiro atoms. The van der Waals surface area contributed by atoms with Crippen LogP contribution >= 0.6 is 11.6 Å². The van der Waals surface area contributed by atoms with Crippen LogP contribution in [0.5, 0.6) is 0 Å². The van der Waals surface area contributed by atoms with E-state index in [1.54, 1.807) is 24.3 Å². The van der Waals surface area contributed by atoms with E-state index in [9.17, 15) is 4.79 Å². The monoisotopic (exact) mass is 261 g/mol. The molecule has 0 aliphatic carbocycles. The Morgan fingerprint density at radius 2 is 2.17 bits per heavy atom. The third kappa shape index (κ3) is 2.60. The first kappa shape index (κ1) is 12.4. The zero-order chi connectivity index (χ0) is 13.1. The Morgan fingerprint density at radius 3 is 2.89 bits per heavy atom. The predicted molar refractivity (Wildman–Crippen MR) is 72.8 cm³/mol. The van der Waals surface area contributed by atoms with E-state index in [4.69, 9.17) is 17.3 Å². The quantitative estimate of drug-likeness (QED) is 0.645. The van der Waals surface area contributed by atoms with Crippen LogP contribution in [0, 0.1) is 6.92 Å². The molecule has 4 nitrogen and oxygen atoms in total. The van der Waals surface area contributed by atoms with Crippen LogP contribution in [0.2, 0.25) is 5.15 Å². The van der Waals surface area contributed by atoms with Crippen LogP contribution in [0.25, 0.3) is 0 Å². The molecular formula is C13H12ClN3O. The van der Waals surface area contributed by atoms with Gasteiger partial charge >= 0.3 is 0 Å². The molecule has 3 N–H and O–H groups in total. The average Bonchev–Trinajstić information content (AvgIpc) is 2.34. The average molecular weight is 262 g/mol. The van der Waals surface area contributed by atoms with Gasteiger partial charge in [0.05, 0.1) is 16.9 Å². The maximum absolute atomic E-state index is 12.0. The summed E-state index contributed by atoms with van der Waals surface area (Å²) in [5, 5.41) is 2.89. The van der Waals surface area contributed by atoms with E-state index in [-0.39, 0.29) is 11.1 Å². The molecule has 0 saturated heterocycles. The predicted octanol–water partition coefficient (Wildman–Crippen LogP) is 2.88. The standard InChI is InChI=1S/C13H12ClN3O/c1-8-4-5-10(15)11(7-8)17-13(18)9-3-2-6-16-12(9)14/h2-7H,15H2,1H3,(H,17,18). The number of rotatable bonds is 2. The number of hydrogen-bond acceptors (Lipinski definition) is 3. The van der Waals surface area contributed by atoms with Crippen LogP contribution in [0.1, 0.15) is 15.9 Å². The number of benzene rings is 1. The zero-order valence-electron chi connectivity index (χ0n) is 9.77. The Bertz CT molecular complexity index is 599. The van der Waals surface area contributed by atoms with Gasteiger partial charge in [0, 0.05) is 6.20 Å². The van der Waals surface area contributed by atoms with Gasteiger partial charge in [0.2, 0.25) is 0 Å². The van der Waals surface area contributed by atoms with Gasteiger partial charge in [-0.2, -0.15) is 0 Å². The van der Waals surface area contributed by atoms with Crippen molar-refractivity contribution < 1.29 is 4.79 Å². The van der Waals surface area contributed by atoms with E-state index >= 15 is 0 Å². The Morgan fingerprint density at radius 1 is 1.39 bits per heavy atom. The number of carbonyl (C=O) groups is 1. The van der Waals surface area contributed by atoms with Crippen molar-refractivity contribution in [2.75, 3.05) is 11.1 Å². The van der Waals surface area contributed by atoms with E-state index in [2.05, 4.69) is 10.3 Å². The van der Waals surface area contributed by atoms with Gasteiger partial charge in [-0.25, -0.2) is 4.98 Å². The highest BCUT2D eigenvalue weighted by Gasteiger charge is 2.12. The molecule has 0 unspecified atom stereocenters. The molecule has 18 heavy (non-hydrogen) atoms. The summed E-state index contributed by atoms with van der Waals surface area (Å²) in [6.45, 7) is 1.92. The second kappa shape index (κ2) is 5.06. The summed E-state index contributed by atoms with van der Waals surface area (Å²) in [5.41, 5.74) is 8.20. The number of aryl methyl sites for hydroxylation is 1. The second-order valence-electron chi connectivity index (χ2n) is 3.89. The second-order valence-corrected chi connectivity index (χ2v) is 4.24. The van der Waals surface area contributed by atoms with Crippen molar-refractivity contribution in [2.24, 2.45) is 0 Å². The molecule has 1 amide bonds. The number of anilines is 2. The summed E-state index contributed by atoms with van der Waals surface area (Å²) in [6.07, 6.45) is 1.53. The number of nitrogen functional groups attached to an aromatic ring is 1. The van der Waals surface area contributed by atoms with Crippen LogP contribution in [-0.4, -0.2) is 10.9 Å². The van der Waals surface area contributed by atoms with Crippen molar-refractivity contribution in [3.63, 3.8) is 0 Å². The van der Waals surface area contributed by atoms with Gasteiger partial charge in [0.1, 0.15) is 5.15 Å². The SMILES string of the molecule is Cc1ccc(N)c(NC(=O)c2cccnc2Cl)c1. The number of carbonyl (C=O) groups excluding carboxylic acids is 1. The summed E-state index contributed by atoms with van der Waals surface area (Å²) in [7, 11) is 0. The Kier molecular flexibility index (Phi) is 3.48. The highest BCUT2D eigenvalue weighted by molar-refractivity contribution is 6.33. The van der Waals surface area contributed by atoms with Crippen LogP contribution < -0.4 is 11.1 Å². The lowest BCUT2D eigenvalue weighted by atomic mass is 10.2. The first-order chi connectivity index (χ1) is 8.58. The first-order valence-corrected chi connectivity index (χ1v) is 5.73. The molecule has 92 valence electrons. The minimum absolute atomic E-state index is 0.168. The molecule has 0 bridgehead atoms. The topological polar surface area (TPSA) is 68.0 Å². The van der Waals surface area contributed by atoms with Gasteiger partial charge in [0.15, 0.2) is 0 Å². The summed E-state index contributed by atoms with van der Waals surface area (Å²) >= 11 is 5.85. The third-order valence-electron chi connectivity index (χ3n) is 2.46. The molecule has 1 aromatic carbocycles. The van der Waals surface area contributed by atoms with Gasteiger partial charge in [-0.1, -0.05) is 17.7 Å².